The van der Waals surface area contributed by atoms with Crippen LogP contribution in [0.3, 0.4) is 0 Å². The van der Waals surface area contributed by atoms with Gasteiger partial charge in [-0.15, -0.1) is 0 Å². The van der Waals surface area contributed by atoms with E-state index in [9.17, 15) is 5.11 Å². The zero-order valence-corrected chi connectivity index (χ0v) is 10.9. The number of nitrogens with zero attached hydrogens (tertiary/aromatic N) is 4. The van der Waals surface area contributed by atoms with Crippen molar-refractivity contribution in [2.24, 2.45) is 7.05 Å². The van der Waals surface area contributed by atoms with Crippen molar-refractivity contribution in [3.63, 3.8) is 0 Å². The van der Waals surface area contributed by atoms with Crippen LogP contribution in [-0.2, 0) is 13.6 Å². The highest BCUT2D eigenvalue weighted by atomic mass is 16.3. The third-order valence-electron chi connectivity index (χ3n) is 2.94. The smallest absolute Gasteiger partial charge is 0.127 e. The van der Waals surface area contributed by atoms with Gasteiger partial charge in [-0.05, 0) is 19.1 Å². The number of hydrogen-bond acceptors (Lipinski definition) is 4. The molecule has 2 aromatic rings. The molecule has 1 N–H and O–H groups in total. The van der Waals surface area contributed by atoms with Crippen molar-refractivity contribution in [3.8, 4) is 0 Å². The van der Waals surface area contributed by atoms with Crippen molar-refractivity contribution in [1.82, 2.24) is 14.5 Å². The minimum absolute atomic E-state index is 0.529. The number of pyridine rings is 1. The summed E-state index contributed by atoms with van der Waals surface area (Å²) in [7, 11) is 3.97. The van der Waals surface area contributed by atoms with E-state index in [1.807, 2.05) is 37.0 Å². The fourth-order valence-electron chi connectivity index (χ4n) is 1.72. The van der Waals surface area contributed by atoms with Crippen molar-refractivity contribution in [3.05, 3.63) is 42.2 Å². The Labute approximate surface area is 107 Å². The van der Waals surface area contributed by atoms with Gasteiger partial charge in [0.15, 0.2) is 0 Å². The van der Waals surface area contributed by atoms with Gasteiger partial charge in [0.25, 0.3) is 0 Å². The minimum Gasteiger partial charge on any atom is -0.387 e. The second kappa shape index (κ2) is 5.18. The Hall–Kier alpha value is -1.88. The minimum atomic E-state index is -0.529. The lowest BCUT2D eigenvalue weighted by molar-refractivity contribution is 0.194. The number of aliphatic hydroxyl groups is 1. The SMILES string of the molecule is C[C@H](O)c1ccc(N(C)Cc2nccn2C)cn1. The molecular formula is C13H18N4O. The van der Waals surface area contributed by atoms with E-state index in [2.05, 4.69) is 14.9 Å². The van der Waals surface area contributed by atoms with Gasteiger partial charge in [0, 0.05) is 26.5 Å². The second-order valence-electron chi connectivity index (χ2n) is 4.43. The maximum atomic E-state index is 9.41. The monoisotopic (exact) mass is 246 g/mol. The van der Waals surface area contributed by atoms with Crippen molar-refractivity contribution >= 4 is 5.69 Å². The summed E-state index contributed by atoms with van der Waals surface area (Å²) in [6.45, 7) is 2.43. The highest BCUT2D eigenvalue weighted by Crippen LogP contribution is 2.16. The zero-order chi connectivity index (χ0) is 13.1. The molecule has 0 saturated carbocycles. The summed E-state index contributed by atoms with van der Waals surface area (Å²) in [6, 6.07) is 3.80. The normalized spacial score (nSPS) is 12.4. The van der Waals surface area contributed by atoms with Crippen LogP contribution in [-0.4, -0.2) is 26.7 Å². The molecule has 0 unspecified atom stereocenters. The lowest BCUT2D eigenvalue weighted by Gasteiger charge is -2.19. The fourth-order valence-corrected chi connectivity index (χ4v) is 1.72. The molecule has 2 aromatic heterocycles. The predicted molar refractivity (Wildman–Crippen MR) is 70.2 cm³/mol. The predicted octanol–water partition coefficient (Wildman–Crippen LogP) is 1.50. The molecular weight excluding hydrogens is 228 g/mol. The van der Waals surface area contributed by atoms with Crippen molar-refractivity contribution in [2.75, 3.05) is 11.9 Å². The van der Waals surface area contributed by atoms with Crippen LogP contribution in [0.25, 0.3) is 0 Å². The van der Waals surface area contributed by atoms with Gasteiger partial charge in [0.05, 0.1) is 30.2 Å². The van der Waals surface area contributed by atoms with Gasteiger partial charge in [0.2, 0.25) is 0 Å². The largest absolute Gasteiger partial charge is 0.387 e. The average molecular weight is 246 g/mol. The molecule has 0 spiro atoms. The van der Waals surface area contributed by atoms with E-state index in [0.717, 1.165) is 18.1 Å². The fraction of sp³-hybridized carbons (Fsp3) is 0.385. The Bertz CT molecular complexity index is 504. The zero-order valence-electron chi connectivity index (χ0n) is 10.9. The number of hydrogen-bond donors (Lipinski definition) is 1. The van der Waals surface area contributed by atoms with Crippen LogP contribution in [0.4, 0.5) is 5.69 Å². The van der Waals surface area contributed by atoms with Gasteiger partial charge < -0.3 is 14.6 Å². The molecule has 0 aliphatic heterocycles. The van der Waals surface area contributed by atoms with Crippen molar-refractivity contribution in [2.45, 2.75) is 19.6 Å². The van der Waals surface area contributed by atoms with E-state index < -0.39 is 6.10 Å². The number of aryl methyl sites for hydroxylation is 1. The number of aliphatic hydroxyl groups excluding tert-OH is 1. The van der Waals surface area contributed by atoms with E-state index in [1.54, 1.807) is 19.3 Å². The Balaban J connectivity index is 2.09. The molecule has 1 atom stereocenters. The van der Waals surface area contributed by atoms with Crippen molar-refractivity contribution < 1.29 is 5.11 Å². The van der Waals surface area contributed by atoms with Gasteiger partial charge in [-0.2, -0.15) is 0 Å². The Kier molecular flexibility index (Phi) is 3.62. The summed E-state index contributed by atoms with van der Waals surface area (Å²) in [5.74, 6) is 0.997. The lowest BCUT2D eigenvalue weighted by Crippen LogP contribution is -2.19. The van der Waals surface area contributed by atoms with Crippen LogP contribution in [0.1, 0.15) is 24.5 Å². The average Bonchev–Trinajstić information content (AvgIpc) is 2.75. The van der Waals surface area contributed by atoms with Gasteiger partial charge in [0.1, 0.15) is 5.82 Å². The van der Waals surface area contributed by atoms with Crippen LogP contribution >= 0.6 is 0 Å². The summed E-state index contributed by atoms with van der Waals surface area (Å²) >= 11 is 0. The quantitative estimate of drug-likeness (QED) is 0.888. The molecule has 0 aliphatic carbocycles. The first kappa shape index (κ1) is 12.6. The molecule has 0 radical (unpaired) electrons. The number of imidazole rings is 1. The summed E-state index contributed by atoms with van der Waals surface area (Å²) in [4.78, 5) is 10.6. The van der Waals surface area contributed by atoms with E-state index in [-0.39, 0.29) is 0 Å². The molecule has 0 fully saturated rings. The molecule has 0 aromatic carbocycles. The molecule has 0 saturated heterocycles. The maximum absolute atomic E-state index is 9.41. The third-order valence-corrected chi connectivity index (χ3v) is 2.94. The van der Waals surface area contributed by atoms with E-state index >= 15 is 0 Å². The summed E-state index contributed by atoms with van der Waals surface area (Å²) in [5.41, 5.74) is 1.69. The molecule has 96 valence electrons. The van der Waals surface area contributed by atoms with E-state index in [4.69, 9.17) is 0 Å². The first-order valence-corrected chi connectivity index (χ1v) is 5.89. The Morgan fingerprint density at radius 2 is 2.17 bits per heavy atom. The molecule has 5 heteroatoms. The summed E-state index contributed by atoms with van der Waals surface area (Å²) in [6.07, 6.45) is 4.96. The molecule has 2 heterocycles. The summed E-state index contributed by atoms with van der Waals surface area (Å²) in [5, 5.41) is 9.41. The van der Waals surface area contributed by atoms with Crippen LogP contribution < -0.4 is 4.90 Å². The third kappa shape index (κ3) is 2.68. The standard InChI is InChI=1S/C13H18N4O/c1-10(18)12-5-4-11(8-15-12)17(3)9-13-14-6-7-16(13)2/h4-8,10,18H,9H2,1-3H3/t10-/m0/s1. The Morgan fingerprint density at radius 3 is 2.67 bits per heavy atom. The van der Waals surface area contributed by atoms with Gasteiger partial charge >= 0.3 is 0 Å². The number of rotatable bonds is 4. The molecule has 18 heavy (non-hydrogen) atoms. The van der Waals surface area contributed by atoms with E-state index in [1.165, 1.54) is 0 Å². The molecule has 0 aliphatic rings. The Morgan fingerprint density at radius 1 is 1.39 bits per heavy atom. The molecule has 0 bridgehead atoms. The maximum Gasteiger partial charge on any atom is 0.127 e. The van der Waals surface area contributed by atoms with Gasteiger partial charge in [-0.25, -0.2) is 4.98 Å². The topological polar surface area (TPSA) is 54.2 Å². The first-order valence-electron chi connectivity index (χ1n) is 5.89. The van der Waals surface area contributed by atoms with Crippen molar-refractivity contribution in [1.29, 1.82) is 0 Å². The highest BCUT2D eigenvalue weighted by Gasteiger charge is 2.07. The van der Waals surface area contributed by atoms with E-state index in [0.29, 0.717) is 5.69 Å². The van der Waals surface area contributed by atoms with Crippen LogP contribution in [0.5, 0.6) is 0 Å². The highest BCUT2D eigenvalue weighted by molar-refractivity contribution is 5.43. The van der Waals surface area contributed by atoms with Gasteiger partial charge in [-0.3, -0.25) is 4.98 Å². The molecule has 0 amide bonds. The summed E-state index contributed by atoms with van der Waals surface area (Å²) < 4.78 is 1.99. The van der Waals surface area contributed by atoms with Crippen LogP contribution in [0.2, 0.25) is 0 Å². The molecule has 5 nitrogen and oxygen atoms in total. The number of anilines is 1. The van der Waals surface area contributed by atoms with Gasteiger partial charge in [-0.1, -0.05) is 0 Å². The second-order valence-corrected chi connectivity index (χ2v) is 4.43. The number of aromatic nitrogens is 3. The van der Waals surface area contributed by atoms with Crippen LogP contribution in [0.15, 0.2) is 30.7 Å². The lowest BCUT2D eigenvalue weighted by atomic mass is 10.2. The van der Waals surface area contributed by atoms with Crippen LogP contribution in [0, 0.1) is 0 Å². The molecule has 2 rings (SSSR count). The first-order chi connectivity index (χ1) is 8.58.